The van der Waals surface area contributed by atoms with E-state index in [2.05, 4.69) is 15.0 Å². The Kier molecular flexibility index (Phi) is 3.71. The molecule has 0 bridgehead atoms. The Bertz CT molecular complexity index is 682. The highest BCUT2D eigenvalue weighted by Gasteiger charge is 2.01. The molecule has 2 N–H and O–H groups in total. The average molecular weight is 233 g/mol. The molecule has 88 valence electrons. The predicted octanol–water partition coefficient (Wildman–Crippen LogP) is 0.460. The summed E-state index contributed by atoms with van der Waals surface area (Å²) in [7, 11) is 0. The molecule has 0 spiro atoms. The zero-order valence-corrected chi connectivity index (χ0v) is 8.06. The van der Waals surface area contributed by atoms with Gasteiger partial charge in [-0.25, -0.2) is 9.78 Å². The highest BCUT2D eigenvalue weighted by atomic mass is 16.2. The maximum atomic E-state index is 11.4. The SMILES string of the molecule is C.O=C/C=C/c1cnc2[nH]c(=O)[nH]c(=O)c2c1. The average Bonchev–Trinajstić information content (AvgIpc) is 2.26. The standard InChI is InChI=1S/C10H7N3O3.CH4/c14-3-1-2-6-4-7-8(11-5-6)12-10(16)13-9(7)15;/h1-5H,(H2,11,12,13,15,16);1H4/b2-1+;. The fourth-order valence-electron chi connectivity index (χ4n) is 1.30. The molecule has 17 heavy (non-hydrogen) atoms. The second-order valence-electron chi connectivity index (χ2n) is 3.07. The number of H-pyrrole nitrogens is 2. The molecule has 0 atom stereocenters. The molecule has 0 aliphatic rings. The van der Waals surface area contributed by atoms with Crippen LogP contribution in [-0.4, -0.2) is 21.2 Å². The van der Waals surface area contributed by atoms with Crippen LogP contribution < -0.4 is 11.2 Å². The number of aldehydes is 1. The van der Waals surface area contributed by atoms with Crippen molar-refractivity contribution in [2.24, 2.45) is 0 Å². The van der Waals surface area contributed by atoms with Crippen molar-refractivity contribution in [3.8, 4) is 0 Å². The van der Waals surface area contributed by atoms with E-state index in [-0.39, 0.29) is 18.5 Å². The number of allylic oxidation sites excluding steroid dienone is 1. The summed E-state index contributed by atoms with van der Waals surface area (Å²) in [6.07, 6.45) is 4.89. The molecular weight excluding hydrogens is 222 g/mol. The monoisotopic (exact) mass is 233 g/mol. The fraction of sp³-hybridized carbons (Fsp3) is 0.0909. The lowest BCUT2D eigenvalue weighted by molar-refractivity contribution is -0.104. The fourth-order valence-corrected chi connectivity index (χ4v) is 1.30. The van der Waals surface area contributed by atoms with Crippen molar-refractivity contribution in [1.29, 1.82) is 0 Å². The maximum Gasteiger partial charge on any atom is 0.327 e. The summed E-state index contributed by atoms with van der Waals surface area (Å²) in [6.45, 7) is 0. The quantitative estimate of drug-likeness (QED) is 0.581. The van der Waals surface area contributed by atoms with Crippen molar-refractivity contribution in [2.45, 2.75) is 7.43 Å². The Morgan fingerprint density at radius 2 is 2.00 bits per heavy atom. The number of aromatic amines is 2. The summed E-state index contributed by atoms with van der Waals surface area (Å²) in [5.74, 6) is 0. The molecule has 2 heterocycles. The number of nitrogens with zero attached hydrogens (tertiary/aromatic N) is 1. The van der Waals surface area contributed by atoms with Crippen LogP contribution in [0, 0.1) is 0 Å². The van der Waals surface area contributed by atoms with Gasteiger partial charge in [0.25, 0.3) is 5.56 Å². The molecular formula is C11H11N3O3. The normalized spacial score (nSPS) is 10.4. The highest BCUT2D eigenvalue weighted by molar-refractivity contribution is 5.79. The zero-order chi connectivity index (χ0) is 11.5. The molecule has 2 aromatic rings. The first-order chi connectivity index (χ1) is 7.70. The second-order valence-corrected chi connectivity index (χ2v) is 3.07. The first-order valence-corrected chi connectivity index (χ1v) is 4.45. The van der Waals surface area contributed by atoms with Gasteiger partial charge in [-0.2, -0.15) is 0 Å². The van der Waals surface area contributed by atoms with Gasteiger partial charge in [0.05, 0.1) is 5.39 Å². The van der Waals surface area contributed by atoms with Crippen LogP contribution in [0.1, 0.15) is 13.0 Å². The minimum Gasteiger partial charge on any atom is -0.299 e. The van der Waals surface area contributed by atoms with Crippen LogP contribution in [0.3, 0.4) is 0 Å². The summed E-state index contributed by atoms with van der Waals surface area (Å²) >= 11 is 0. The molecule has 0 saturated heterocycles. The number of carbonyl (C=O) groups is 1. The Morgan fingerprint density at radius 3 is 2.71 bits per heavy atom. The summed E-state index contributed by atoms with van der Waals surface area (Å²) in [5.41, 5.74) is -0.275. The third-order valence-corrected chi connectivity index (χ3v) is 1.98. The molecule has 2 rings (SSSR count). The van der Waals surface area contributed by atoms with Crippen LogP contribution in [0.25, 0.3) is 17.1 Å². The lowest BCUT2D eigenvalue weighted by Crippen LogP contribution is -2.22. The van der Waals surface area contributed by atoms with Crippen LogP contribution in [-0.2, 0) is 4.79 Å². The van der Waals surface area contributed by atoms with Gasteiger partial charge in [0.2, 0.25) is 0 Å². The molecule has 0 aliphatic heterocycles. The molecule has 2 aromatic heterocycles. The van der Waals surface area contributed by atoms with Crippen molar-refractivity contribution in [1.82, 2.24) is 15.0 Å². The first-order valence-electron chi connectivity index (χ1n) is 4.45. The van der Waals surface area contributed by atoms with Crippen LogP contribution >= 0.6 is 0 Å². The zero-order valence-electron chi connectivity index (χ0n) is 8.06. The van der Waals surface area contributed by atoms with Gasteiger partial charge in [0, 0.05) is 6.20 Å². The molecule has 0 radical (unpaired) electrons. The summed E-state index contributed by atoms with van der Waals surface area (Å²) in [4.78, 5) is 40.9. The van der Waals surface area contributed by atoms with Gasteiger partial charge in [-0.3, -0.25) is 19.6 Å². The van der Waals surface area contributed by atoms with E-state index in [0.29, 0.717) is 11.8 Å². The van der Waals surface area contributed by atoms with E-state index in [1.807, 2.05) is 0 Å². The summed E-state index contributed by atoms with van der Waals surface area (Å²) < 4.78 is 0. The van der Waals surface area contributed by atoms with Gasteiger partial charge in [-0.15, -0.1) is 0 Å². The summed E-state index contributed by atoms with van der Waals surface area (Å²) in [5, 5.41) is 0.271. The van der Waals surface area contributed by atoms with Gasteiger partial charge in [0.1, 0.15) is 11.9 Å². The van der Waals surface area contributed by atoms with Crippen molar-refractivity contribution in [2.75, 3.05) is 0 Å². The van der Waals surface area contributed by atoms with E-state index in [0.717, 1.165) is 0 Å². The second kappa shape index (κ2) is 5.02. The maximum absolute atomic E-state index is 11.4. The number of rotatable bonds is 2. The van der Waals surface area contributed by atoms with Crippen LogP contribution in [0.5, 0.6) is 0 Å². The topological polar surface area (TPSA) is 95.7 Å². The van der Waals surface area contributed by atoms with Crippen molar-refractivity contribution in [3.63, 3.8) is 0 Å². The van der Waals surface area contributed by atoms with Gasteiger partial charge in [0.15, 0.2) is 0 Å². The molecule has 0 amide bonds. The third-order valence-electron chi connectivity index (χ3n) is 1.98. The lowest BCUT2D eigenvalue weighted by atomic mass is 10.2. The largest absolute Gasteiger partial charge is 0.327 e. The Labute approximate surface area is 96.0 Å². The molecule has 0 fully saturated rings. The Balaban J connectivity index is 0.00000144. The number of hydrogen-bond donors (Lipinski definition) is 2. The molecule has 0 saturated carbocycles. The number of nitrogens with one attached hydrogen (secondary N) is 2. The third kappa shape index (κ3) is 2.54. The van der Waals surface area contributed by atoms with E-state index in [1.165, 1.54) is 24.4 Å². The van der Waals surface area contributed by atoms with Gasteiger partial charge < -0.3 is 0 Å². The molecule has 6 nitrogen and oxygen atoms in total. The first kappa shape index (κ1) is 12.6. The van der Waals surface area contributed by atoms with Crippen molar-refractivity contribution >= 4 is 23.4 Å². The Morgan fingerprint density at radius 1 is 1.24 bits per heavy atom. The smallest absolute Gasteiger partial charge is 0.299 e. The molecule has 0 aliphatic carbocycles. The number of carbonyl (C=O) groups excluding carboxylic acids is 1. The van der Waals surface area contributed by atoms with Crippen LogP contribution in [0.4, 0.5) is 0 Å². The van der Waals surface area contributed by atoms with Crippen molar-refractivity contribution < 1.29 is 4.79 Å². The summed E-state index contributed by atoms with van der Waals surface area (Å²) in [6, 6.07) is 1.54. The van der Waals surface area contributed by atoms with Crippen LogP contribution in [0.2, 0.25) is 0 Å². The number of fused-ring (bicyclic) bond motifs is 1. The number of pyridine rings is 1. The van der Waals surface area contributed by atoms with Gasteiger partial charge in [-0.1, -0.05) is 13.5 Å². The van der Waals surface area contributed by atoms with Gasteiger partial charge in [-0.05, 0) is 17.7 Å². The number of hydrogen-bond acceptors (Lipinski definition) is 4. The number of aromatic nitrogens is 3. The minimum atomic E-state index is -0.596. The van der Waals surface area contributed by atoms with E-state index >= 15 is 0 Å². The van der Waals surface area contributed by atoms with E-state index in [1.54, 1.807) is 0 Å². The predicted molar refractivity (Wildman–Crippen MR) is 64.8 cm³/mol. The molecule has 0 unspecified atom stereocenters. The highest BCUT2D eigenvalue weighted by Crippen LogP contribution is 2.06. The Hall–Kier alpha value is -2.50. The molecule has 0 aromatic carbocycles. The van der Waals surface area contributed by atoms with Crippen molar-refractivity contribution in [3.05, 3.63) is 44.7 Å². The lowest BCUT2D eigenvalue weighted by Gasteiger charge is -1.96. The van der Waals surface area contributed by atoms with Gasteiger partial charge >= 0.3 is 5.69 Å². The van der Waals surface area contributed by atoms with E-state index < -0.39 is 11.2 Å². The minimum absolute atomic E-state index is 0. The van der Waals surface area contributed by atoms with E-state index in [4.69, 9.17) is 0 Å². The van der Waals surface area contributed by atoms with E-state index in [9.17, 15) is 14.4 Å². The van der Waals surface area contributed by atoms with Crippen LogP contribution in [0.15, 0.2) is 27.9 Å². The molecule has 6 heteroatoms.